The predicted octanol–water partition coefficient (Wildman–Crippen LogP) is -2.15. The summed E-state index contributed by atoms with van der Waals surface area (Å²) in [6, 6.07) is 0. The van der Waals surface area contributed by atoms with E-state index in [1.807, 2.05) is 66.9 Å². The van der Waals surface area contributed by atoms with E-state index >= 15 is 0 Å². The summed E-state index contributed by atoms with van der Waals surface area (Å²) < 4.78 is 21.8. The minimum atomic E-state index is -0.740. The van der Waals surface area contributed by atoms with E-state index in [9.17, 15) is 57.5 Å². The van der Waals surface area contributed by atoms with Crippen LogP contribution in [0, 0.1) is 0 Å². The van der Waals surface area contributed by atoms with Gasteiger partial charge in [0.15, 0.2) is 0 Å². The molecule has 2 aliphatic rings. The van der Waals surface area contributed by atoms with Gasteiger partial charge in [0.25, 0.3) is 0 Å². The molecule has 2 saturated heterocycles. The molecule has 0 saturated carbocycles. The summed E-state index contributed by atoms with van der Waals surface area (Å²) in [5, 5.41) is 14.2. The van der Waals surface area contributed by atoms with Gasteiger partial charge in [-0.25, -0.2) is 19.2 Å². The van der Waals surface area contributed by atoms with E-state index < -0.39 is 46.8 Å². The van der Waals surface area contributed by atoms with Gasteiger partial charge >= 0.3 is 24.4 Å². The Hall–Kier alpha value is -7.84. The standard InChI is InChI=1S/C56H108N12O12.C32H72N16O4.C6H15N/c1-17-25-65(26-18-2)45(69)41-61-33-34-62(42-46(70)66(27-19-3)28-20-4)36-38-64(44-48(72)68(31-23-59-51(75)79-55(11,12)13)32-24-60-52(76)80-56(14,15)16)40-39-63(37-35-61)43-47(71)67(29-21-57-49(73)77-53(5,6)7)30-22-58-50(74)78-54(8,9)10;33-1-9-45(10-2-34)29(49)25-41-17-19-42(26-30(50)46(11-3-35)12-4-36)21-23-44(28-32(52)48(15-7-39)16-8-40)24-22-43(20-18-41)27-31(51)47(13-5-37)14-6-38;1-3-5-7-6-4-2/h17-44H2,1-16H3,(H,57,73)(H,58,74)(H,59,75)(H,60,76);1-28,33-40H2;7H,3-6H2,1-2H3. The maximum Gasteiger partial charge on any atom is 0.407 e. The Morgan fingerprint density at radius 2 is 0.338 bits per heavy atom. The molecule has 0 aliphatic carbocycles. The van der Waals surface area contributed by atoms with Crippen molar-refractivity contribution in [2.75, 3.05) is 353 Å². The van der Waals surface area contributed by atoms with Gasteiger partial charge < -0.3 is 131 Å². The number of rotatable bonds is 56. The fourth-order valence-electron chi connectivity index (χ4n) is 14.9. The summed E-state index contributed by atoms with van der Waals surface area (Å²) in [6.45, 7) is 52.1. The first kappa shape index (κ1) is 131. The van der Waals surface area contributed by atoms with Crippen LogP contribution >= 0.6 is 0 Å². The van der Waals surface area contributed by atoms with Crippen LogP contribution in [0.3, 0.4) is 0 Å². The van der Waals surface area contributed by atoms with Crippen LogP contribution < -0.4 is 72.5 Å². The van der Waals surface area contributed by atoms with Gasteiger partial charge in [0.05, 0.1) is 52.4 Å². The number of carbonyl (C=O) groups is 12. The Balaban J connectivity index is 0.00000276. The molecule has 0 aromatic heterocycles. The quantitative estimate of drug-likeness (QED) is 0.0228. The lowest BCUT2D eigenvalue weighted by Crippen LogP contribution is -2.53. The molecular weight excluding hydrogens is 1790 g/mol. The van der Waals surface area contributed by atoms with Crippen LogP contribution in [-0.2, 0) is 57.3 Å². The van der Waals surface area contributed by atoms with Crippen LogP contribution in [0.2, 0.25) is 0 Å². The predicted molar refractivity (Wildman–Crippen MR) is 548 cm³/mol. The molecule has 2 rings (SSSR count). The fraction of sp³-hybridized carbons (Fsp3) is 0.872. The molecule has 2 heterocycles. The van der Waals surface area contributed by atoms with Crippen molar-refractivity contribution >= 4 is 71.6 Å². The van der Waals surface area contributed by atoms with Crippen molar-refractivity contribution in [3.05, 3.63) is 0 Å². The van der Waals surface area contributed by atoms with Crippen molar-refractivity contribution in [3.8, 4) is 0 Å². The second-order valence-corrected chi connectivity index (χ2v) is 39.0. The topological polar surface area (TPSA) is 562 Å². The van der Waals surface area contributed by atoms with Crippen molar-refractivity contribution in [2.45, 2.75) is 186 Å². The van der Waals surface area contributed by atoms with Crippen LogP contribution in [0.1, 0.15) is 163 Å². The first-order valence-electron chi connectivity index (χ1n) is 51.0. The zero-order chi connectivity index (χ0) is 105. The Bertz CT molecular complexity index is 2970. The maximum atomic E-state index is 14.6. The monoisotopic (exact) mass is 1990 g/mol. The highest BCUT2D eigenvalue weighted by atomic mass is 16.6. The number of nitrogens with zero attached hydrogens (tertiary/aromatic N) is 16. The van der Waals surface area contributed by atoms with Gasteiger partial charge in [-0.3, -0.25) is 77.6 Å². The van der Waals surface area contributed by atoms with Gasteiger partial charge in [0.1, 0.15) is 22.4 Å². The van der Waals surface area contributed by atoms with Crippen molar-refractivity contribution in [2.24, 2.45) is 45.9 Å². The molecule has 0 spiro atoms. The molecule has 812 valence electrons. The molecule has 45 heteroatoms. The van der Waals surface area contributed by atoms with Gasteiger partial charge in [-0.05, 0) is 135 Å². The first-order valence-corrected chi connectivity index (χ1v) is 51.0. The minimum absolute atomic E-state index is 0.00101. The van der Waals surface area contributed by atoms with Gasteiger partial charge in [-0.1, -0.05) is 41.5 Å². The smallest absolute Gasteiger partial charge is 0.407 e. The molecule has 0 atom stereocenters. The van der Waals surface area contributed by atoms with Crippen molar-refractivity contribution in [1.82, 2.24) is 105 Å². The molecule has 2 fully saturated rings. The number of nitrogens with one attached hydrogen (secondary N) is 5. The molecule has 0 aromatic carbocycles. The Kier molecular flexibility index (Phi) is 71.6. The normalized spacial score (nSPS) is 14.9. The lowest BCUT2D eigenvalue weighted by Gasteiger charge is -2.36. The van der Waals surface area contributed by atoms with E-state index in [1.54, 1.807) is 112 Å². The summed E-state index contributed by atoms with van der Waals surface area (Å²) in [7, 11) is 0. The third-order valence-electron chi connectivity index (χ3n) is 21.8. The van der Waals surface area contributed by atoms with Gasteiger partial charge in [-0.15, -0.1) is 0 Å². The van der Waals surface area contributed by atoms with Crippen LogP contribution in [0.5, 0.6) is 0 Å². The van der Waals surface area contributed by atoms with E-state index in [4.69, 9.17) is 64.8 Å². The molecule has 0 bridgehead atoms. The van der Waals surface area contributed by atoms with E-state index in [-0.39, 0.29) is 152 Å². The number of carbonyl (C=O) groups excluding carboxylic acids is 12. The summed E-state index contributed by atoms with van der Waals surface area (Å²) >= 11 is 0. The highest BCUT2D eigenvalue weighted by Crippen LogP contribution is 2.15. The summed E-state index contributed by atoms with van der Waals surface area (Å²) in [5.74, 6) is -0.935. The number of alkyl carbamates (subject to hydrolysis) is 4. The molecule has 0 aromatic rings. The average Bonchev–Trinajstić information content (AvgIpc) is 0.872. The third-order valence-corrected chi connectivity index (χ3v) is 21.8. The highest BCUT2D eigenvalue weighted by molar-refractivity contribution is 5.82. The largest absolute Gasteiger partial charge is 0.444 e. The zero-order valence-electron chi connectivity index (χ0n) is 89.2. The molecule has 139 heavy (non-hydrogen) atoms. The van der Waals surface area contributed by atoms with Crippen molar-refractivity contribution in [1.29, 1.82) is 0 Å². The number of ether oxygens (including phenoxy) is 4. The molecular formula is C94H195N29O16. The van der Waals surface area contributed by atoms with Gasteiger partial charge in [0, 0.05) is 288 Å². The number of hydrogen-bond donors (Lipinski definition) is 13. The van der Waals surface area contributed by atoms with E-state index in [1.165, 1.54) is 25.9 Å². The first-order chi connectivity index (χ1) is 65.8. The van der Waals surface area contributed by atoms with Crippen LogP contribution in [0.15, 0.2) is 0 Å². The molecule has 0 radical (unpaired) electrons. The third kappa shape index (κ3) is 65.9. The summed E-state index contributed by atoms with van der Waals surface area (Å²) in [6.07, 6.45) is 3.18. The molecule has 0 unspecified atom stereocenters. The number of hydrogen-bond acceptors (Lipinski definition) is 33. The lowest BCUT2D eigenvalue weighted by atomic mass is 10.2. The van der Waals surface area contributed by atoms with Crippen molar-refractivity contribution < 1.29 is 76.5 Å². The summed E-state index contributed by atoms with van der Waals surface area (Å²) in [5.41, 5.74) is 43.4. The lowest BCUT2D eigenvalue weighted by molar-refractivity contribution is -0.135. The van der Waals surface area contributed by atoms with Crippen LogP contribution in [0.4, 0.5) is 19.2 Å². The molecule has 2 aliphatic heterocycles. The molecule has 12 amide bonds. The number of amides is 12. The van der Waals surface area contributed by atoms with Gasteiger partial charge in [-0.2, -0.15) is 0 Å². The fourth-order valence-corrected chi connectivity index (χ4v) is 14.9. The molecule has 45 nitrogen and oxygen atoms in total. The average molecular weight is 1990 g/mol. The summed E-state index contributed by atoms with van der Waals surface area (Å²) in [4.78, 5) is 192. The van der Waals surface area contributed by atoms with Crippen LogP contribution in [0.25, 0.3) is 0 Å². The highest BCUT2D eigenvalue weighted by Gasteiger charge is 2.32. The van der Waals surface area contributed by atoms with Gasteiger partial charge in [0.2, 0.25) is 47.3 Å². The van der Waals surface area contributed by atoms with Crippen molar-refractivity contribution in [3.63, 3.8) is 0 Å². The van der Waals surface area contributed by atoms with E-state index in [0.29, 0.717) is 236 Å². The SMILES string of the molecule is CCCN(CCC)C(=O)CN1CCN(CC(=O)N(CCC)CCC)CCN(CC(=O)N(CCNC(=O)OC(C)(C)C)CCNC(=O)OC(C)(C)C)CCN(CC(=O)N(CCNC(=O)OC(C)(C)C)CCNC(=O)OC(C)(C)C)CC1.CCCNCCC.NCCN(CCN)C(=O)CN1CCN(CC(=O)N(CCN)CCN)CCN(CC(=O)N(CCN)CCN)CCN(CC(=O)N(CCN)CCN)CC1. The Morgan fingerprint density at radius 3 is 0.453 bits per heavy atom. The number of nitrogens with two attached hydrogens (primary N) is 8. The Labute approximate surface area is 834 Å². The second kappa shape index (κ2) is 75.9. The molecule has 21 N–H and O–H groups in total. The van der Waals surface area contributed by atoms with E-state index in [0.717, 1.165) is 25.7 Å². The maximum absolute atomic E-state index is 14.6. The van der Waals surface area contributed by atoms with E-state index in [2.05, 4.69) is 50.2 Å². The van der Waals surface area contributed by atoms with Crippen LogP contribution in [-0.4, -0.2) is 526 Å². The minimum Gasteiger partial charge on any atom is -0.444 e. The zero-order valence-corrected chi connectivity index (χ0v) is 89.2. The Morgan fingerprint density at radius 1 is 0.209 bits per heavy atom. The second-order valence-electron chi connectivity index (χ2n) is 39.0.